The van der Waals surface area contributed by atoms with Crippen molar-refractivity contribution in [2.24, 2.45) is 5.73 Å². The van der Waals surface area contributed by atoms with Gasteiger partial charge in [0.1, 0.15) is 0 Å². The van der Waals surface area contributed by atoms with Gasteiger partial charge in [0.05, 0.1) is 6.10 Å². The summed E-state index contributed by atoms with van der Waals surface area (Å²) in [6.45, 7) is 5.84. The Bertz CT molecular complexity index is 390. The number of likely N-dealkylation sites (N-methyl/N-ethyl adjacent to an activating group) is 1. The highest BCUT2D eigenvalue weighted by Crippen LogP contribution is 2.27. The number of hydrogen-bond acceptors (Lipinski definition) is 3. The summed E-state index contributed by atoms with van der Waals surface area (Å²) in [7, 11) is 2.17. The molecule has 1 aromatic carbocycles. The largest absolute Gasteiger partial charge is 0.377 e. The van der Waals surface area contributed by atoms with Crippen LogP contribution in [0, 0.1) is 0 Å². The van der Waals surface area contributed by atoms with Crippen molar-refractivity contribution in [3.8, 4) is 0 Å². The fourth-order valence-corrected chi connectivity index (χ4v) is 3.00. The molecule has 3 nitrogen and oxygen atoms in total. The second-order valence-electron chi connectivity index (χ2n) is 5.44. The first-order valence-corrected chi connectivity index (χ1v) is 7.29. The number of rotatable bonds is 5. The number of aryl methyl sites for hydroxylation is 1. The second-order valence-corrected chi connectivity index (χ2v) is 5.44. The molecule has 2 N–H and O–H groups in total. The molecule has 0 saturated carbocycles. The SMILES string of the molecule is CCc1ccc(C(CN)N(C)C2CCOC2C)cc1. The highest BCUT2D eigenvalue weighted by molar-refractivity contribution is 5.25. The smallest absolute Gasteiger partial charge is 0.0703 e. The molecule has 19 heavy (non-hydrogen) atoms. The fraction of sp³-hybridized carbons (Fsp3) is 0.625. The summed E-state index contributed by atoms with van der Waals surface area (Å²) in [5.74, 6) is 0. The average Bonchev–Trinajstić information content (AvgIpc) is 2.86. The molecule has 1 fully saturated rings. The first-order chi connectivity index (χ1) is 9.17. The number of benzene rings is 1. The van der Waals surface area contributed by atoms with Gasteiger partial charge in [0, 0.05) is 25.2 Å². The zero-order chi connectivity index (χ0) is 13.8. The third-order valence-electron chi connectivity index (χ3n) is 4.35. The first-order valence-electron chi connectivity index (χ1n) is 7.29. The Morgan fingerprint density at radius 3 is 2.53 bits per heavy atom. The minimum Gasteiger partial charge on any atom is -0.377 e. The fourth-order valence-electron chi connectivity index (χ4n) is 3.00. The Morgan fingerprint density at radius 2 is 2.05 bits per heavy atom. The molecule has 0 amide bonds. The van der Waals surface area contributed by atoms with Crippen LogP contribution in [0.1, 0.15) is 37.4 Å². The standard InChI is InChI=1S/C16H26N2O/c1-4-13-5-7-14(8-6-13)16(11-17)18(3)15-9-10-19-12(15)2/h5-8,12,15-16H,4,9-11,17H2,1-3H3. The van der Waals surface area contributed by atoms with Crippen molar-refractivity contribution >= 4 is 0 Å². The summed E-state index contributed by atoms with van der Waals surface area (Å²) < 4.78 is 5.67. The average molecular weight is 262 g/mol. The molecule has 1 saturated heterocycles. The molecule has 2 rings (SSSR count). The van der Waals surface area contributed by atoms with Gasteiger partial charge in [-0.1, -0.05) is 31.2 Å². The zero-order valence-corrected chi connectivity index (χ0v) is 12.3. The predicted octanol–water partition coefficient (Wildman–Crippen LogP) is 2.36. The van der Waals surface area contributed by atoms with Crippen LogP contribution in [-0.2, 0) is 11.2 Å². The molecule has 0 aliphatic carbocycles. The Hall–Kier alpha value is -0.900. The molecule has 1 aromatic rings. The van der Waals surface area contributed by atoms with Crippen LogP contribution in [0.15, 0.2) is 24.3 Å². The van der Waals surface area contributed by atoms with Crippen LogP contribution in [0.25, 0.3) is 0 Å². The lowest BCUT2D eigenvalue weighted by Gasteiger charge is -2.34. The number of hydrogen-bond donors (Lipinski definition) is 1. The van der Waals surface area contributed by atoms with Crippen LogP contribution >= 0.6 is 0 Å². The topological polar surface area (TPSA) is 38.5 Å². The summed E-state index contributed by atoms with van der Waals surface area (Å²) in [5, 5.41) is 0. The minimum absolute atomic E-state index is 0.278. The zero-order valence-electron chi connectivity index (χ0n) is 12.3. The quantitative estimate of drug-likeness (QED) is 0.885. The van der Waals surface area contributed by atoms with Crippen molar-refractivity contribution < 1.29 is 4.74 Å². The molecule has 0 aromatic heterocycles. The van der Waals surface area contributed by atoms with E-state index in [-0.39, 0.29) is 6.04 Å². The van der Waals surface area contributed by atoms with Gasteiger partial charge in [-0.3, -0.25) is 4.90 Å². The number of ether oxygens (including phenoxy) is 1. The van der Waals surface area contributed by atoms with Gasteiger partial charge in [0.25, 0.3) is 0 Å². The van der Waals surface area contributed by atoms with E-state index in [1.54, 1.807) is 0 Å². The van der Waals surface area contributed by atoms with Gasteiger partial charge < -0.3 is 10.5 Å². The molecule has 1 aliphatic heterocycles. The van der Waals surface area contributed by atoms with Crippen molar-refractivity contribution in [3.05, 3.63) is 35.4 Å². The Morgan fingerprint density at radius 1 is 1.37 bits per heavy atom. The van der Waals surface area contributed by atoms with Gasteiger partial charge in [-0.25, -0.2) is 0 Å². The lowest BCUT2D eigenvalue weighted by atomic mass is 10.00. The van der Waals surface area contributed by atoms with Crippen molar-refractivity contribution in [2.75, 3.05) is 20.2 Å². The third kappa shape index (κ3) is 3.16. The summed E-state index contributed by atoms with van der Waals surface area (Å²) in [6, 6.07) is 9.60. The van der Waals surface area contributed by atoms with E-state index in [0.717, 1.165) is 19.4 Å². The van der Waals surface area contributed by atoms with Crippen LogP contribution in [0.5, 0.6) is 0 Å². The maximum absolute atomic E-state index is 6.01. The van der Waals surface area contributed by atoms with Crippen molar-refractivity contribution in [1.29, 1.82) is 0 Å². The summed E-state index contributed by atoms with van der Waals surface area (Å²) in [5.41, 5.74) is 8.69. The lowest BCUT2D eigenvalue weighted by molar-refractivity contribution is 0.0686. The molecule has 0 spiro atoms. The monoisotopic (exact) mass is 262 g/mol. The van der Waals surface area contributed by atoms with Gasteiger partial charge >= 0.3 is 0 Å². The third-order valence-corrected chi connectivity index (χ3v) is 4.35. The highest BCUT2D eigenvalue weighted by atomic mass is 16.5. The van der Waals surface area contributed by atoms with Gasteiger partial charge in [-0.2, -0.15) is 0 Å². The van der Waals surface area contributed by atoms with Crippen molar-refractivity contribution in [1.82, 2.24) is 4.90 Å². The normalized spacial score (nSPS) is 24.9. The van der Waals surface area contributed by atoms with Crippen molar-refractivity contribution in [3.63, 3.8) is 0 Å². The van der Waals surface area contributed by atoms with E-state index >= 15 is 0 Å². The van der Waals surface area contributed by atoms with E-state index in [2.05, 4.69) is 50.1 Å². The Balaban J connectivity index is 2.13. The van der Waals surface area contributed by atoms with E-state index in [9.17, 15) is 0 Å². The molecular weight excluding hydrogens is 236 g/mol. The van der Waals surface area contributed by atoms with Gasteiger partial charge in [-0.05, 0) is 37.9 Å². The van der Waals surface area contributed by atoms with Gasteiger partial charge in [0.15, 0.2) is 0 Å². The lowest BCUT2D eigenvalue weighted by Crippen LogP contribution is -2.42. The van der Waals surface area contributed by atoms with Crippen LogP contribution in [0.4, 0.5) is 0 Å². The van der Waals surface area contributed by atoms with E-state index in [4.69, 9.17) is 10.5 Å². The van der Waals surface area contributed by atoms with Crippen LogP contribution in [0.2, 0.25) is 0 Å². The molecule has 1 aliphatic rings. The Labute approximate surface area is 116 Å². The minimum atomic E-state index is 0.278. The first kappa shape index (κ1) is 14.5. The summed E-state index contributed by atoms with van der Waals surface area (Å²) in [4.78, 5) is 2.39. The maximum atomic E-state index is 6.01. The van der Waals surface area contributed by atoms with Gasteiger partial charge in [-0.15, -0.1) is 0 Å². The molecule has 3 heteroatoms. The van der Waals surface area contributed by atoms with Crippen LogP contribution in [-0.4, -0.2) is 37.2 Å². The number of nitrogens with zero attached hydrogens (tertiary/aromatic N) is 1. The van der Waals surface area contributed by atoms with E-state index in [0.29, 0.717) is 18.7 Å². The summed E-state index contributed by atoms with van der Waals surface area (Å²) >= 11 is 0. The molecular formula is C16H26N2O. The number of nitrogens with two attached hydrogens (primary N) is 1. The summed E-state index contributed by atoms with van der Waals surface area (Å²) in [6.07, 6.45) is 2.48. The maximum Gasteiger partial charge on any atom is 0.0703 e. The molecule has 3 unspecified atom stereocenters. The second kappa shape index (κ2) is 6.51. The van der Waals surface area contributed by atoms with Crippen LogP contribution in [0.3, 0.4) is 0 Å². The molecule has 106 valence electrons. The van der Waals surface area contributed by atoms with Crippen LogP contribution < -0.4 is 5.73 Å². The highest BCUT2D eigenvalue weighted by Gasteiger charge is 2.31. The van der Waals surface area contributed by atoms with E-state index in [1.807, 2.05) is 0 Å². The molecule has 0 bridgehead atoms. The van der Waals surface area contributed by atoms with Crippen molar-refractivity contribution in [2.45, 2.75) is 44.9 Å². The molecule has 0 radical (unpaired) electrons. The van der Waals surface area contributed by atoms with E-state index in [1.165, 1.54) is 11.1 Å². The molecule has 1 heterocycles. The molecule has 3 atom stereocenters. The van der Waals surface area contributed by atoms with E-state index < -0.39 is 0 Å². The van der Waals surface area contributed by atoms with Gasteiger partial charge in [0.2, 0.25) is 0 Å². The predicted molar refractivity (Wildman–Crippen MR) is 79.2 cm³/mol. The Kier molecular flexibility index (Phi) is 4.97.